The van der Waals surface area contributed by atoms with Gasteiger partial charge in [-0.15, -0.1) is 0 Å². The van der Waals surface area contributed by atoms with E-state index in [4.69, 9.17) is 0 Å². The van der Waals surface area contributed by atoms with Gasteiger partial charge in [-0.05, 0) is 24.6 Å². The molecule has 0 aromatic heterocycles. The molecular weight excluding hydrogens is 332 g/mol. The van der Waals surface area contributed by atoms with Crippen LogP contribution in [0.4, 0.5) is 0 Å². The number of hydrogen-bond acceptors (Lipinski definition) is 3. The fourth-order valence-electron chi connectivity index (χ4n) is 1.43. The summed E-state index contributed by atoms with van der Waals surface area (Å²) in [7, 11) is -3.30. The van der Waals surface area contributed by atoms with E-state index in [0.29, 0.717) is 12.1 Å². The molecule has 0 aliphatic carbocycles. The summed E-state index contributed by atoms with van der Waals surface area (Å²) in [6.45, 7) is 4.07. The number of benzene rings is 1. The van der Waals surface area contributed by atoms with Crippen LogP contribution < -0.4 is 10.0 Å². The highest BCUT2D eigenvalue weighted by Gasteiger charge is 2.11. The van der Waals surface area contributed by atoms with E-state index in [1.165, 1.54) is 0 Å². The maximum atomic E-state index is 11.8. The molecule has 0 saturated heterocycles. The first-order valence-corrected chi connectivity index (χ1v) is 8.32. The van der Waals surface area contributed by atoms with Crippen molar-refractivity contribution in [3.63, 3.8) is 0 Å². The minimum atomic E-state index is -3.30. The average Bonchev–Trinajstić information content (AvgIpc) is 2.32. The van der Waals surface area contributed by atoms with Crippen LogP contribution in [-0.2, 0) is 10.0 Å². The van der Waals surface area contributed by atoms with Crippen LogP contribution >= 0.6 is 15.9 Å². The topological polar surface area (TPSA) is 75.3 Å². The lowest BCUT2D eigenvalue weighted by atomic mass is 10.1. The Kier molecular flexibility index (Phi) is 5.96. The Labute approximate surface area is 122 Å². The maximum absolute atomic E-state index is 11.8. The van der Waals surface area contributed by atoms with E-state index in [0.717, 1.165) is 10.0 Å². The molecule has 5 nitrogen and oxygen atoms in total. The molecular formula is C12H17BrN2O3S. The van der Waals surface area contributed by atoms with Crippen molar-refractivity contribution in [2.45, 2.75) is 13.8 Å². The Balaban J connectivity index is 2.54. The second-order valence-corrected chi connectivity index (χ2v) is 6.82. The number of rotatable bonds is 6. The summed E-state index contributed by atoms with van der Waals surface area (Å²) in [4.78, 5) is 11.8. The molecule has 0 unspecified atom stereocenters. The molecule has 1 rings (SSSR count). The number of sulfonamides is 1. The van der Waals surface area contributed by atoms with Crippen molar-refractivity contribution in [2.24, 2.45) is 0 Å². The highest BCUT2D eigenvalue weighted by Crippen LogP contribution is 2.17. The number of aryl methyl sites for hydroxylation is 1. The Morgan fingerprint density at radius 2 is 2.05 bits per heavy atom. The molecule has 0 heterocycles. The minimum absolute atomic E-state index is 0.0830. The first-order chi connectivity index (χ1) is 8.85. The van der Waals surface area contributed by atoms with Gasteiger partial charge in [0.1, 0.15) is 0 Å². The van der Waals surface area contributed by atoms with Crippen LogP contribution in [0.25, 0.3) is 0 Å². The number of carbonyl (C=O) groups excluding carboxylic acids is 1. The molecule has 0 bridgehead atoms. The number of nitrogens with one attached hydrogen (secondary N) is 2. The second-order valence-electron chi connectivity index (χ2n) is 4.04. The Morgan fingerprint density at radius 3 is 2.63 bits per heavy atom. The SMILES string of the molecule is CCNS(=O)(=O)CCNC(=O)c1ccc(C)c(Br)c1. The lowest BCUT2D eigenvalue weighted by Gasteiger charge is -2.07. The van der Waals surface area contributed by atoms with Gasteiger partial charge in [0.25, 0.3) is 5.91 Å². The molecule has 0 aliphatic heterocycles. The van der Waals surface area contributed by atoms with Crippen LogP contribution in [0.3, 0.4) is 0 Å². The first-order valence-electron chi connectivity index (χ1n) is 5.87. The van der Waals surface area contributed by atoms with E-state index >= 15 is 0 Å². The van der Waals surface area contributed by atoms with Gasteiger partial charge in [0.05, 0.1) is 5.75 Å². The molecule has 1 aromatic carbocycles. The van der Waals surface area contributed by atoms with Gasteiger partial charge in [-0.1, -0.05) is 28.9 Å². The third-order valence-corrected chi connectivity index (χ3v) is 4.78. The Bertz CT molecular complexity index is 558. The van der Waals surface area contributed by atoms with Crippen LogP contribution in [0, 0.1) is 6.92 Å². The highest BCUT2D eigenvalue weighted by molar-refractivity contribution is 9.10. The van der Waals surface area contributed by atoms with E-state index in [1.807, 2.05) is 13.0 Å². The van der Waals surface area contributed by atoms with Crippen LogP contribution in [0.2, 0.25) is 0 Å². The predicted octanol–water partition coefficient (Wildman–Crippen LogP) is 1.43. The summed E-state index contributed by atoms with van der Waals surface area (Å²) in [6.07, 6.45) is 0. The minimum Gasteiger partial charge on any atom is -0.351 e. The van der Waals surface area contributed by atoms with Crippen molar-refractivity contribution in [1.82, 2.24) is 10.0 Å². The van der Waals surface area contributed by atoms with Crippen molar-refractivity contribution in [2.75, 3.05) is 18.8 Å². The fourth-order valence-corrected chi connectivity index (χ4v) is 2.76. The smallest absolute Gasteiger partial charge is 0.251 e. The molecule has 1 amide bonds. The van der Waals surface area contributed by atoms with E-state index in [1.54, 1.807) is 19.1 Å². The molecule has 0 aliphatic rings. The summed E-state index contributed by atoms with van der Waals surface area (Å²) in [5.41, 5.74) is 1.53. The lowest BCUT2D eigenvalue weighted by molar-refractivity contribution is 0.0956. The molecule has 0 fully saturated rings. The largest absolute Gasteiger partial charge is 0.351 e. The Hall–Kier alpha value is -0.920. The van der Waals surface area contributed by atoms with Crippen molar-refractivity contribution in [1.29, 1.82) is 0 Å². The first kappa shape index (κ1) is 16.1. The van der Waals surface area contributed by atoms with Crippen LogP contribution in [0.15, 0.2) is 22.7 Å². The van der Waals surface area contributed by atoms with Crippen LogP contribution in [-0.4, -0.2) is 33.2 Å². The molecule has 106 valence electrons. The zero-order valence-electron chi connectivity index (χ0n) is 10.9. The number of halogens is 1. The van der Waals surface area contributed by atoms with Crippen molar-refractivity contribution in [3.05, 3.63) is 33.8 Å². The molecule has 7 heteroatoms. The summed E-state index contributed by atoms with van der Waals surface area (Å²) in [5.74, 6) is -0.410. The molecule has 0 spiro atoms. The molecule has 1 aromatic rings. The third-order valence-electron chi connectivity index (χ3n) is 2.45. The van der Waals surface area contributed by atoms with Crippen LogP contribution in [0.1, 0.15) is 22.8 Å². The summed E-state index contributed by atoms with van der Waals surface area (Å²) in [6, 6.07) is 5.24. The number of carbonyl (C=O) groups is 1. The van der Waals surface area contributed by atoms with E-state index in [9.17, 15) is 13.2 Å². The van der Waals surface area contributed by atoms with Crippen molar-refractivity contribution in [3.8, 4) is 0 Å². The summed E-state index contributed by atoms with van der Waals surface area (Å²) in [5, 5.41) is 2.58. The van der Waals surface area contributed by atoms with Gasteiger partial charge in [0.15, 0.2) is 0 Å². The zero-order valence-corrected chi connectivity index (χ0v) is 13.3. The lowest BCUT2D eigenvalue weighted by Crippen LogP contribution is -2.34. The molecule has 19 heavy (non-hydrogen) atoms. The number of amides is 1. The van der Waals surface area contributed by atoms with Gasteiger partial charge in [-0.25, -0.2) is 13.1 Å². The van der Waals surface area contributed by atoms with Gasteiger partial charge in [0.2, 0.25) is 10.0 Å². The second kappa shape index (κ2) is 7.02. The van der Waals surface area contributed by atoms with Gasteiger partial charge in [-0.2, -0.15) is 0 Å². The number of hydrogen-bond donors (Lipinski definition) is 2. The van der Waals surface area contributed by atoms with Gasteiger partial charge < -0.3 is 5.32 Å². The molecule has 2 N–H and O–H groups in total. The Morgan fingerprint density at radius 1 is 1.37 bits per heavy atom. The van der Waals surface area contributed by atoms with Crippen LogP contribution in [0.5, 0.6) is 0 Å². The van der Waals surface area contributed by atoms with E-state index < -0.39 is 10.0 Å². The standard InChI is InChI=1S/C12H17BrN2O3S/c1-3-15-19(17,18)7-6-14-12(16)10-5-4-9(2)11(13)8-10/h4-5,8,15H,3,6-7H2,1-2H3,(H,14,16). The maximum Gasteiger partial charge on any atom is 0.251 e. The fraction of sp³-hybridized carbons (Fsp3) is 0.417. The van der Waals surface area contributed by atoms with Gasteiger partial charge >= 0.3 is 0 Å². The quantitative estimate of drug-likeness (QED) is 0.816. The van der Waals surface area contributed by atoms with E-state index in [2.05, 4.69) is 26.0 Å². The molecule has 0 atom stereocenters. The highest BCUT2D eigenvalue weighted by atomic mass is 79.9. The van der Waals surface area contributed by atoms with Gasteiger partial charge in [-0.3, -0.25) is 4.79 Å². The monoisotopic (exact) mass is 348 g/mol. The van der Waals surface area contributed by atoms with E-state index in [-0.39, 0.29) is 18.2 Å². The summed E-state index contributed by atoms with van der Waals surface area (Å²) < 4.78 is 26.0. The average molecular weight is 349 g/mol. The third kappa shape index (κ3) is 5.30. The summed E-state index contributed by atoms with van der Waals surface area (Å²) >= 11 is 3.35. The predicted molar refractivity (Wildman–Crippen MR) is 78.7 cm³/mol. The van der Waals surface area contributed by atoms with Gasteiger partial charge in [0, 0.05) is 23.1 Å². The zero-order chi connectivity index (χ0) is 14.5. The molecule has 0 saturated carbocycles. The normalized spacial score (nSPS) is 11.3. The van der Waals surface area contributed by atoms with Crippen molar-refractivity contribution >= 4 is 31.9 Å². The van der Waals surface area contributed by atoms with Crippen molar-refractivity contribution < 1.29 is 13.2 Å². The molecule has 0 radical (unpaired) electrons.